The minimum Gasteiger partial charge on any atom is -0.455 e. The van der Waals surface area contributed by atoms with Gasteiger partial charge in [0.05, 0.1) is 12.3 Å². The van der Waals surface area contributed by atoms with Crippen LogP contribution in [0.3, 0.4) is 0 Å². The molecule has 10 rings (SSSR count). The standard InChI is InChI=1S/C48H30O/c1-2-13-33(14-3-1)37-20-10-21-42-43-22-11-23-44(48(43)49-47(37)42)46-40-18-8-6-16-38(40)45(39-17-7-9-19-41(39)46)34-27-24-32(25-28-34)36-29-26-31-12-4-5-15-35(31)30-36/h1-30H/i1D,2D,3D,13D,14D,24D,25D,27D,28D. The lowest BCUT2D eigenvalue weighted by molar-refractivity contribution is 0.671. The lowest BCUT2D eigenvalue weighted by Gasteiger charge is -2.18. The Hall–Kier alpha value is -6.44. The van der Waals surface area contributed by atoms with Gasteiger partial charge in [0.1, 0.15) is 11.2 Å². The second kappa shape index (κ2) is 11.1. The second-order valence-corrected chi connectivity index (χ2v) is 12.1. The first-order valence-corrected chi connectivity index (χ1v) is 16.1. The summed E-state index contributed by atoms with van der Waals surface area (Å²) in [5.41, 5.74) is 4.64. The van der Waals surface area contributed by atoms with Crippen molar-refractivity contribution in [2.75, 3.05) is 0 Å². The molecule has 228 valence electrons. The fourth-order valence-electron chi connectivity index (χ4n) is 7.21. The molecule has 0 radical (unpaired) electrons. The Labute approximate surface area is 297 Å². The van der Waals surface area contributed by atoms with Crippen LogP contribution in [0.15, 0.2) is 186 Å². The molecule has 0 aliphatic heterocycles. The zero-order valence-corrected chi connectivity index (χ0v) is 26.0. The largest absolute Gasteiger partial charge is 0.455 e. The van der Waals surface area contributed by atoms with Crippen LogP contribution in [0.2, 0.25) is 0 Å². The molecule has 0 fully saturated rings. The minimum absolute atomic E-state index is 0.0593. The first-order valence-electron chi connectivity index (χ1n) is 20.6. The molecule has 0 amide bonds. The van der Waals surface area contributed by atoms with E-state index < -0.39 is 18.1 Å². The smallest absolute Gasteiger partial charge is 0.143 e. The minimum atomic E-state index is -0.464. The summed E-state index contributed by atoms with van der Waals surface area (Å²) in [6.07, 6.45) is 0. The van der Waals surface area contributed by atoms with Gasteiger partial charge >= 0.3 is 0 Å². The molecular formula is C48H30O. The Bertz CT molecular complexity index is 3290. The maximum Gasteiger partial charge on any atom is 0.143 e. The van der Waals surface area contributed by atoms with Crippen LogP contribution >= 0.6 is 0 Å². The van der Waals surface area contributed by atoms with Crippen LogP contribution in [0.1, 0.15) is 12.3 Å². The van der Waals surface area contributed by atoms with E-state index in [-0.39, 0.29) is 52.9 Å². The van der Waals surface area contributed by atoms with Crippen molar-refractivity contribution in [1.82, 2.24) is 0 Å². The summed E-state index contributed by atoms with van der Waals surface area (Å²) in [6, 6.07) is 37.9. The Morgan fingerprint density at radius 1 is 0.347 bits per heavy atom. The molecule has 0 atom stereocenters. The van der Waals surface area contributed by atoms with Crippen LogP contribution in [0.4, 0.5) is 0 Å². The molecule has 0 saturated heterocycles. The normalized spacial score (nSPS) is 14.2. The average molecular weight is 632 g/mol. The molecule has 1 heteroatoms. The molecule has 1 heterocycles. The molecule has 0 unspecified atom stereocenters. The first kappa shape index (κ1) is 20.0. The zero-order valence-electron chi connectivity index (χ0n) is 35.0. The Kier molecular flexibility index (Phi) is 4.53. The number of para-hydroxylation sites is 2. The van der Waals surface area contributed by atoms with Gasteiger partial charge in [0, 0.05) is 27.5 Å². The fourth-order valence-corrected chi connectivity index (χ4v) is 7.21. The molecule has 1 aromatic heterocycles. The van der Waals surface area contributed by atoms with Crippen molar-refractivity contribution in [3.63, 3.8) is 0 Å². The number of furan rings is 1. The maximum absolute atomic E-state index is 9.45. The third-order valence-electron chi connectivity index (χ3n) is 9.41. The van der Waals surface area contributed by atoms with Crippen molar-refractivity contribution in [3.8, 4) is 44.5 Å². The van der Waals surface area contributed by atoms with Gasteiger partial charge in [0.2, 0.25) is 0 Å². The summed E-state index contributed by atoms with van der Waals surface area (Å²) in [4.78, 5) is 0. The number of benzene rings is 9. The monoisotopic (exact) mass is 631 g/mol. The molecule has 0 spiro atoms. The van der Waals surface area contributed by atoms with Gasteiger partial charge in [-0.15, -0.1) is 0 Å². The number of hydrogen-bond donors (Lipinski definition) is 0. The van der Waals surface area contributed by atoms with E-state index in [4.69, 9.17) is 11.3 Å². The van der Waals surface area contributed by atoms with Crippen LogP contribution in [0.5, 0.6) is 0 Å². The van der Waals surface area contributed by atoms with Gasteiger partial charge in [0.15, 0.2) is 0 Å². The summed E-state index contributed by atoms with van der Waals surface area (Å²) < 4.78 is 86.4. The van der Waals surface area contributed by atoms with Crippen LogP contribution in [0.25, 0.3) is 98.8 Å². The highest BCUT2D eigenvalue weighted by molar-refractivity contribution is 6.24. The van der Waals surface area contributed by atoms with E-state index in [0.29, 0.717) is 27.9 Å². The summed E-state index contributed by atoms with van der Waals surface area (Å²) in [5.74, 6) is 0. The van der Waals surface area contributed by atoms with E-state index in [1.54, 1.807) is 12.1 Å². The van der Waals surface area contributed by atoms with Crippen molar-refractivity contribution < 1.29 is 16.8 Å². The van der Waals surface area contributed by atoms with Crippen molar-refractivity contribution in [2.45, 2.75) is 0 Å². The predicted octanol–water partition coefficient (Wildman–Crippen LogP) is 13.7. The highest BCUT2D eigenvalue weighted by Gasteiger charge is 2.21. The molecule has 0 bridgehead atoms. The molecule has 49 heavy (non-hydrogen) atoms. The van der Waals surface area contributed by atoms with E-state index in [2.05, 4.69) is 0 Å². The van der Waals surface area contributed by atoms with E-state index in [0.717, 1.165) is 54.2 Å². The van der Waals surface area contributed by atoms with Gasteiger partial charge in [0.25, 0.3) is 0 Å². The van der Waals surface area contributed by atoms with Crippen LogP contribution in [0, 0.1) is 0 Å². The van der Waals surface area contributed by atoms with Crippen molar-refractivity contribution in [3.05, 3.63) is 182 Å². The van der Waals surface area contributed by atoms with Gasteiger partial charge in [-0.05, 0) is 66.2 Å². The molecular weight excluding hydrogens is 593 g/mol. The Morgan fingerprint density at radius 2 is 0.878 bits per heavy atom. The molecule has 10 aromatic rings. The van der Waals surface area contributed by atoms with E-state index in [1.807, 2.05) is 115 Å². The lowest BCUT2D eigenvalue weighted by Crippen LogP contribution is -1.91. The van der Waals surface area contributed by atoms with Gasteiger partial charge < -0.3 is 4.42 Å². The van der Waals surface area contributed by atoms with Crippen LogP contribution in [-0.2, 0) is 0 Å². The van der Waals surface area contributed by atoms with E-state index in [1.165, 1.54) is 0 Å². The zero-order chi connectivity index (χ0) is 40.1. The highest BCUT2D eigenvalue weighted by atomic mass is 16.3. The number of fused-ring (bicyclic) bond motifs is 6. The van der Waals surface area contributed by atoms with E-state index >= 15 is 0 Å². The Morgan fingerprint density at radius 3 is 1.55 bits per heavy atom. The topological polar surface area (TPSA) is 13.1 Å². The second-order valence-electron chi connectivity index (χ2n) is 12.1. The number of rotatable bonds is 4. The predicted molar refractivity (Wildman–Crippen MR) is 208 cm³/mol. The summed E-state index contributed by atoms with van der Waals surface area (Å²) in [6.45, 7) is 0. The van der Waals surface area contributed by atoms with Gasteiger partial charge in [-0.2, -0.15) is 0 Å². The van der Waals surface area contributed by atoms with Crippen molar-refractivity contribution in [2.24, 2.45) is 0 Å². The molecule has 0 aliphatic carbocycles. The highest BCUT2D eigenvalue weighted by Crippen LogP contribution is 2.47. The first-order chi connectivity index (χ1) is 28.1. The fraction of sp³-hybridized carbons (Fsp3) is 0. The van der Waals surface area contributed by atoms with Crippen LogP contribution in [-0.4, -0.2) is 0 Å². The van der Waals surface area contributed by atoms with Crippen molar-refractivity contribution in [1.29, 1.82) is 0 Å². The molecule has 0 N–H and O–H groups in total. The summed E-state index contributed by atoms with van der Waals surface area (Å²) in [5, 5.41) is 6.56. The molecule has 0 aliphatic rings. The summed E-state index contributed by atoms with van der Waals surface area (Å²) in [7, 11) is 0. The third-order valence-corrected chi connectivity index (χ3v) is 9.41. The lowest BCUT2D eigenvalue weighted by atomic mass is 9.85. The Balaban J connectivity index is 1.25. The molecule has 1 nitrogen and oxygen atoms in total. The average Bonchev–Trinajstić information content (AvgIpc) is 3.64. The SMILES string of the molecule is [2H]c1c([2H])c([2H])c(-c2cccc3c2oc2c(-c4c5ccccc5c(-c5c([2H])c([2H])c(-c6ccc7ccccc7c6)c([2H])c5[2H])c5ccccc45)cccc23)c([2H])c1[2H]. The van der Waals surface area contributed by atoms with Gasteiger partial charge in [-0.25, -0.2) is 0 Å². The van der Waals surface area contributed by atoms with E-state index in [9.17, 15) is 5.48 Å². The third kappa shape index (κ3) is 4.40. The molecule has 0 saturated carbocycles. The van der Waals surface area contributed by atoms with Gasteiger partial charge in [-0.1, -0.05) is 176 Å². The van der Waals surface area contributed by atoms with Crippen molar-refractivity contribution >= 4 is 54.3 Å². The maximum atomic E-state index is 9.45. The van der Waals surface area contributed by atoms with Crippen LogP contribution < -0.4 is 0 Å². The molecule has 9 aromatic carbocycles. The quantitative estimate of drug-likeness (QED) is 0.176. The number of hydrogen-bond acceptors (Lipinski definition) is 1. The summed E-state index contributed by atoms with van der Waals surface area (Å²) >= 11 is 0. The van der Waals surface area contributed by atoms with Gasteiger partial charge in [-0.3, -0.25) is 0 Å².